The lowest BCUT2D eigenvalue weighted by atomic mass is 9.89. The van der Waals surface area contributed by atoms with E-state index in [0.717, 1.165) is 23.3 Å². The van der Waals surface area contributed by atoms with Crippen molar-refractivity contribution >= 4 is 28.5 Å². The summed E-state index contributed by atoms with van der Waals surface area (Å²) in [6.07, 6.45) is 11.5. The molecule has 138 valence electrons. The molecule has 0 atom stereocenters. The second-order valence-electron chi connectivity index (χ2n) is 7.07. The van der Waals surface area contributed by atoms with Crippen molar-refractivity contribution in [3.63, 3.8) is 0 Å². The van der Waals surface area contributed by atoms with Gasteiger partial charge >= 0.3 is 0 Å². The summed E-state index contributed by atoms with van der Waals surface area (Å²) >= 11 is 0. The summed E-state index contributed by atoms with van der Waals surface area (Å²) in [5.41, 5.74) is 2.29. The standard InChI is InChI=1S/C21H23N5O/c1-2-19(27)16-8-10-18(11-9-16)24-21-22-12-17-13-23-26(20(17)25-21)14-15-6-4-3-5-7-15/h2,8-13,15H,1,3-7,14H2,(H,22,24,25). The van der Waals surface area contributed by atoms with Gasteiger partial charge in [-0.3, -0.25) is 4.79 Å². The molecule has 6 nitrogen and oxygen atoms in total. The number of ketones is 1. The number of carbonyl (C=O) groups is 1. The second kappa shape index (κ2) is 7.70. The molecule has 1 aliphatic rings. The van der Waals surface area contributed by atoms with Crippen LogP contribution in [-0.4, -0.2) is 25.5 Å². The van der Waals surface area contributed by atoms with Crippen LogP contribution in [0.3, 0.4) is 0 Å². The van der Waals surface area contributed by atoms with E-state index in [4.69, 9.17) is 0 Å². The van der Waals surface area contributed by atoms with Crippen LogP contribution in [0.5, 0.6) is 0 Å². The molecule has 2 aromatic heterocycles. The maximum absolute atomic E-state index is 11.6. The molecule has 6 heteroatoms. The summed E-state index contributed by atoms with van der Waals surface area (Å²) in [4.78, 5) is 20.7. The Morgan fingerprint density at radius 2 is 1.96 bits per heavy atom. The highest BCUT2D eigenvalue weighted by atomic mass is 16.1. The number of aromatic nitrogens is 4. The molecule has 0 bridgehead atoms. The van der Waals surface area contributed by atoms with Crippen LogP contribution in [0.4, 0.5) is 11.6 Å². The van der Waals surface area contributed by atoms with Gasteiger partial charge in [0.05, 0.1) is 11.6 Å². The average Bonchev–Trinajstić information content (AvgIpc) is 3.11. The molecule has 1 saturated carbocycles. The van der Waals surface area contributed by atoms with Crippen LogP contribution >= 0.6 is 0 Å². The number of carbonyl (C=O) groups excluding carboxylic acids is 1. The second-order valence-corrected chi connectivity index (χ2v) is 7.07. The van der Waals surface area contributed by atoms with Crippen LogP contribution in [0, 0.1) is 5.92 Å². The molecule has 1 aromatic carbocycles. The molecule has 0 saturated heterocycles. The predicted molar refractivity (Wildman–Crippen MR) is 106 cm³/mol. The maximum atomic E-state index is 11.6. The number of fused-ring (bicyclic) bond motifs is 1. The van der Waals surface area contributed by atoms with Crippen LogP contribution in [-0.2, 0) is 6.54 Å². The minimum Gasteiger partial charge on any atom is -0.324 e. The van der Waals surface area contributed by atoms with Gasteiger partial charge in [-0.2, -0.15) is 10.1 Å². The molecule has 4 rings (SSSR count). The first-order valence-corrected chi connectivity index (χ1v) is 9.45. The van der Waals surface area contributed by atoms with Gasteiger partial charge < -0.3 is 5.32 Å². The largest absolute Gasteiger partial charge is 0.324 e. The van der Waals surface area contributed by atoms with E-state index in [9.17, 15) is 4.79 Å². The van der Waals surface area contributed by atoms with Crippen molar-refractivity contribution in [1.82, 2.24) is 19.7 Å². The third-order valence-electron chi connectivity index (χ3n) is 5.14. The molecule has 2 heterocycles. The number of hydrogen-bond acceptors (Lipinski definition) is 5. The molecule has 27 heavy (non-hydrogen) atoms. The summed E-state index contributed by atoms with van der Waals surface area (Å²) in [6.45, 7) is 4.42. The van der Waals surface area contributed by atoms with E-state index in [1.807, 2.05) is 23.0 Å². The fourth-order valence-electron chi connectivity index (χ4n) is 3.64. The lowest BCUT2D eigenvalue weighted by Crippen LogP contribution is -2.15. The van der Waals surface area contributed by atoms with Gasteiger partial charge in [0, 0.05) is 24.0 Å². The van der Waals surface area contributed by atoms with Crippen LogP contribution in [0.2, 0.25) is 0 Å². The molecule has 0 amide bonds. The molecule has 0 aliphatic heterocycles. The van der Waals surface area contributed by atoms with Gasteiger partial charge in [-0.05, 0) is 49.1 Å². The Hall–Kier alpha value is -3.02. The van der Waals surface area contributed by atoms with Gasteiger partial charge in [-0.1, -0.05) is 25.8 Å². The number of hydrogen-bond donors (Lipinski definition) is 1. The number of nitrogens with one attached hydrogen (secondary N) is 1. The highest BCUT2D eigenvalue weighted by molar-refractivity contribution is 6.04. The zero-order chi connectivity index (χ0) is 18.6. The molecular weight excluding hydrogens is 338 g/mol. The van der Waals surface area contributed by atoms with E-state index in [1.54, 1.807) is 18.3 Å². The van der Waals surface area contributed by atoms with E-state index < -0.39 is 0 Å². The number of allylic oxidation sites excluding steroid dienone is 1. The lowest BCUT2D eigenvalue weighted by Gasteiger charge is -2.21. The monoisotopic (exact) mass is 361 g/mol. The Labute approximate surface area is 158 Å². The number of benzene rings is 1. The van der Waals surface area contributed by atoms with Gasteiger partial charge in [-0.25, -0.2) is 9.67 Å². The summed E-state index contributed by atoms with van der Waals surface area (Å²) in [6, 6.07) is 7.20. The Kier molecular flexibility index (Phi) is 4.96. The van der Waals surface area contributed by atoms with E-state index in [1.165, 1.54) is 38.2 Å². The minimum absolute atomic E-state index is 0.0918. The minimum atomic E-state index is -0.0918. The maximum Gasteiger partial charge on any atom is 0.229 e. The Bertz CT molecular complexity index is 954. The lowest BCUT2D eigenvalue weighted by molar-refractivity contribution is 0.104. The first-order valence-electron chi connectivity index (χ1n) is 9.45. The Morgan fingerprint density at radius 3 is 2.70 bits per heavy atom. The summed E-state index contributed by atoms with van der Waals surface area (Å²) < 4.78 is 2.00. The fraction of sp³-hybridized carbons (Fsp3) is 0.333. The quantitative estimate of drug-likeness (QED) is 0.516. The molecule has 0 spiro atoms. The molecule has 1 fully saturated rings. The van der Waals surface area contributed by atoms with Gasteiger partial charge in [0.15, 0.2) is 11.4 Å². The zero-order valence-corrected chi connectivity index (χ0v) is 15.3. The van der Waals surface area contributed by atoms with Crippen molar-refractivity contribution in [2.75, 3.05) is 5.32 Å². The van der Waals surface area contributed by atoms with Gasteiger partial charge in [0.1, 0.15) is 0 Å². The summed E-state index contributed by atoms with van der Waals surface area (Å²) in [5, 5.41) is 8.67. The SMILES string of the molecule is C=CC(=O)c1ccc(Nc2ncc3cnn(CC4CCCCC4)c3n2)cc1. The van der Waals surface area contributed by atoms with Crippen molar-refractivity contribution in [2.45, 2.75) is 38.6 Å². The smallest absolute Gasteiger partial charge is 0.229 e. The van der Waals surface area contributed by atoms with E-state index in [0.29, 0.717) is 17.4 Å². The van der Waals surface area contributed by atoms with Crippen molar-refractivity contribution in [3.8, 4) is 0 Å². The number of anilines is 2. The third-order valence-corrected chi connectivity index (χ3v) is 5.14. The normalized spacial score (nSPS) is 15.0. The van der Waals surface area contributed by atoms with Crippen LogP contribution < -0.4 is 5.32 Å². The van der Waals surface area contributed by atoms with Crippen LogP contribution in [0.1, 0.15) is 42.5 Å². The zero-order valence-electron chi connectivity index (χ0n) is 15.3. The highest BCUT2D eigenvalue weighted by Gasteiger charge is 2.16. The first kappa shape index (κ1) is 17.4. The molecule has 1 N–H and O–H groups in total. The Morgan fingerprint density at radius 1 is 1.19 bits per heavy atom. The van der Waals surface area contributed by atoms with Gasteiger partial charge in [0.2, 0.25) is 5.95 Å². The van der Waals surface area contributed by atoms with Crippen LogP contribution in [0.15, 0.2) is 49.3 Å². The predicted octanol–water partition coefficient (Wildman–Crippen LogP) is 4.52. The highest BCUT2D eigenvalue weighted by Crippen LogP contribution is 2.26. The van der Waals surface area contributed by atoms with E-state index in [-0.39, 0.29) is 5.78 Å². The van der Waals surface area contributed by atoms with Gasteiger partial charge in [-0.15, -0.1) is 0 Å². The average molecular weight is 361 g/mol. The van der Waals surface area contributed by atoms with E-state index in [2.05, 4.69) is 27.0 Å². The first-order chi connectivity index (χ1) is 13.2. The van der Waals surface area contributed by atoms with Crippen molar-refractivity contribution < 1.29 is 4.79 Å². The van der Waals surface area contributed by atoms with E-state index >= 15 is 0 Å². The molecule has 0 radical (unpaired) electrons. The van der Waals surface area contributed by atoms with Gasteiger partial charge in [0.25, 0.3) is 0 Å². The summed E-state index contributed by atoms with van der Waals surface area (Å²) in [5.74, 6) is 1.12. The molecule has 1 aliphatic carbocycles. The van der Waals surface area contributed by atoms with Crippen molar-refractivity contribution in [3.05, 3.63) is 54.9 Å². The van der Waals surface area contributed by atoms with Crippen LogP contribution in [0.25, 0.3) is 11.0 Å². The van der Waals surface area contributed by atoms with Crippen molar-refractivity contribution in [1.29, 1.82) is 0 Å². The number of rotatable bonds is 6. The summed E-state index contributed by atoms with van der Waals surface area (Å²) in [7, 11) is 0. The molecule has 0 unspecified atom stereocenters. The molecular formula is C21H23N5O. The number of nitrogens with zero attached hydrogens (tertiary/aromatic N) is 4. The fourth-order valence-corrected chi connectivity index (χ4v) is 3.64. The third kappa shape index (κ3) is 3.89. The Balaban J connectivity index is 1.53. The van der Waals surface area contributed by atoms with Crippen molar-refractivity contribution in [2.24, 2.45) is 5.92 Å². The topological polar surface area (TPSA) is 72.7 Å². The molecule has 3 aromatic rings.